The van der Waals surface area contributed by atoms with E-state index in [4.69, 9.17) is 11.6 Å². The number of aryl methyl sites for hydroxylation is 3. The van der Waals surface area contributed by atoms with Crippen molar-refractivity contribution >= 4 is 11.6 Å². The lowest BCUT2D eigenvalue weighted by atomic mass is 9.87. The largest absolute Gasteiger partial charge is 0.126 e. The van der Waals surface area contributed by atoms with E-state index in [1.165, 1.54) is 27.8 Å². The lowest BCUT2D eigenvalue weighted by molar-refractivity contribution is 0.752. The van der Waals surface area contributed by atoms with Gasteiger partial charge in [-0.15, -0.1) is 11.6 Å². The average molecular weight is 273 g/mol. The summed E-state index contributed by atoms with van der Waals surface area (Å²) in [5, 5.41) is 0. The Bertz CT molecular complexity index is 537. The molecule has 19 heavy (non-hydrogen) atoms. The molecule has 1 unspecified atom stereocenters. The van der Waals surface area contributed by atoms with E-state index in [9.17, 15) is 0 Å². The SMILES string of the molecule is Cc1ccccc1C(CCl)Cc1c(C)cccc1C. The second kappa shape index (κ2) is 6.25. The van der Waals surface area contributed by atoms with Gasteiger partial charge in [-0.2, -0.15) is 0 Å². The zero-order chi connectivity index (χ0) is 13.8. The molecule has 0 aliphatic heterocycles. The lowest BCUT2D eigenvalue weighted by Gasteiger charge is -2.19. The van der Waals surface area contributed by atoms with E-state index in [1.807, 2.05) is 0 Å². The standard InChI is InChI=1S/C18H21Cl/c1-13-7-4-5-10-17(13)16(12-19)11-18-14(2)8-6-9-15(18)3/h4-10,16H,11-12H2,1-3H3. The maximum atomic E-state index is 6.23. The van der Waals surface area contributed by atoms with Gasteiger partial charge >= 0.3 is 0 Å². The van der Waals surface area contributed by atoms with E-state index in [-0.39, 0.29) is 0 Å². The average Bonchev–Trinajstić information content (AvgIpc) is 2.40. The fraction of sp³-hybridized carbons (Fsp3) is 0.333. The molecule has 0 fully saturated rings. The molecule has 2 aromatic carbocycles. The van der Waals surface area contributed by atoms with Gasteiger partial charge < -0.3 is 0 Å². The molecule has 0 amide bonds. The Labute approximate surface area is 121 Å². The van der Waals surface area contributed by atoms with E-state index in [0.717, 1.165) is 6.42 Å². The van der Waals surface area contributed by atoms with Gasteiger partial charge in [-0.1, -0.05) is 42.5 Å². The summed E-state index contributed by atoms with van der Waals surface area (Å²) in [7, 11) is 0. The number of alkyl halides is 1. The summed E-state index contributed by atoms with van der Waals surface area (Å²) in [5.41, 5.74) is 6.88. The fourth-order valence-electron chi connectivity index (χ4n) is 2.71. The summed E-state index contributed by atoms with van der Waals surface area (Å²) in [5.74, 6) is 1.06. The van der Waals surface area contributed by atoms with Crippen molar-refractivity contribution in [1.82, 2.24) is 0 Å². The number of rotatable bonds is 4. The van der Waals surface area contributed by atoms with E-state index in [0.29, 0.717) is 11.8 Å². The fourth-order valence-corrected chi connectivity index (χ4v) is 2.99. The number of hydrogen-bond acceptors (Lipinski definition) is 0. The minimum Gasteiger partial charge on any atom is -0.126 e. The van der Waals surface area contributed by atoms with Crippen molar-refractivity contribution in [2.24, 2.45) is 0 Å². The van der Waals surface area contributed by atoms with Crippen molar-refractivity contribution in [3.63, 3.8) is 0 Å². The second-order valence-electron chi connectivity index (χ2n) is 5.28. The van der Waals surface area contributed by atoms with E-state index >= 15 is 0 Å². The quantitative estimate of drug-likeness (QED) is 0.673. The summed E-state index contributed by atoms with van der Waals surface area (Å²) in [6.45, 7) is 6.54. The van der Waals surface area contributed by atoms with Crippen LogP contribution in [0.2, 0.25) is 0 Å². The van der Waals surface area contributed by atoms with Gasteiger partial charge in [-0.05, 0) is 55.0 Å². The van der Waals surface area contributed by atoms with Crippen LogP contribution in [0.1, 0.15) is 33.7 Å². The maximum absolute atomic E-state index is 6.23. The summed E-state index contributed by atoms with van der Waals surface area (Å²) >= 11 is 6.23. The Hall–Kier alpha value is -1.27. The van der Waals surface area contributed by atoms with Crippen LogP contribution in [0, 0.1) is 20.8 Å². The molecule has 0 spiro atoms. The smallest absolute Gasteiger partial charge is 0.0295 e. The highest BCUT2D eigenvalue weighted by molar-refractivity contribution is 6.18. The van der Waals surface area contributed by atoms with Crippen molar-refractivity contribution in [1.29, 1.82) is 0 Å². The molecule has 0 radical (unpaired) electrons. The van der Waals surface area contributed by atoms with Crippen LogP contribution in [0.3, 0.4) is 0 Å². The molecule has 0 bridgehead atoms. The summed E-state index contributed by atoms with van der Waals surface area (Å²) in [6.07, 6.45) is 1.02. The van der Waals surface area contributed by atoms with Gasteiger partial charge in [0.15, 0.2) is 0 Å². The highest BCUT2D eigenvalue weighted by Gasteiger charge is 2.15. The van der Waals surface area contributed by atoms with Gasteiger partial charge in [0.1, 0.15) is 0 Å². The predicted molar refractivity (Wildman–Crippen MR) is 84.3 cm³/mol. The van der Waals surface area contributed by atoms with Gasteiger partial charge in [-0.25, -0.2) is 0 Å². The number of hydrogen-bond donors (Lipinski definition) is 0. The minimum atomic E-state index is 0.391. The van der Waals surface area contributed by atoms with E-state index in [2.05, 4.69) is 63.2 Å². The molecule has 1 heteroatoms. The summed E-state index contributed by atoms with van der Waals surface area (Å²) < 4.78 is 0. The zero-order valence-corrected chi connectivity index (χ0v) is 12.7. The first kappa shape index (κ1) is 14.1. The highest BCUT2D eigenvalue weighted by Crippen LogP contribution is 2.27. The molecule has 0 nitrogen and oxygen atoms in total. The normalized spacial score (nSPS) is 12.4. The first-order valence-electron chi connectivity index (χ1n) is 6.80. The summed E-state index contributed by atoms with van der Waals surface area (Å²) in [4.78, 5) is 0. The Morgan fingerprint density at radius 2 is 1.42 bits per heavy atom. The number of benzene rings is 2. The second-order valence-corrected chi connectivity index (χ2v) is 5.59. The van der Waals surface area contributed by atoms with Gasteiger partial charge in [0.25, 0.3) is 0 Å². The van der Waals surface area contributed by atoms with E-state index in [1.54, 1.807) is 0 Å². The molecule has 0 aliphatic carbocycles. The van der Waals surface area contributed by atoms with Crippen LogP contribution < -0.4 is 0 Å². The van der Waals surface area contributed by atoms with Crippen molar-refractivity contribution in [2.75, 3.05) is 5.88 Å². The van der Waals surface area contributed by atoms with Crippen molar-refractivity contribution < 1.29 is 0 Å². The molecular formula is C18H21Cl. The molecule has 0 aliphatic rings. The maximum Gasteiger partial charge on any atom is 0.0295 e. The molecule has 0 N–H and O–H groups in total. The molecule has 2 rings (SSSR count). The Balaban J connectivity index is 2.32. The lowest BCUT2D eigenvalue weighted by Crippen LogP contribution is -2.08. The monoisotopic (exact) mass is 272 g/mol. The number of halogens is 1. The molecule has 1 atom stereocenters. The van der Waals surface area contributed by atoms with Crippen LogP contribution >= 0.6 is 11.6 Å². The van der Waals surface area contributed by atoms with Crippen LogP contribution in [-0.2, 0) is 6.42 Å². The molecule has 100 valence electrons. The van der Waals surface area contributed by atoms with Gasteiger partial charge in [-0.3, -0.25) is 0 Å². The van der Waals surface area contributed by atoms with Gasteiger partial charge in [0, 0.05) is 11.8 Å². The Kier molecular flexibility index (Phi) is 4.66. The topological polar surface area (TPSA) is 0 Å². The first-order valence-corrected chi connectivity index (χ1v) is 7.33. The van der Waals surface area contributed by atoms with Crippen molar-refractivity contribution in [3.05, 3.63) is 70.3 Å². The minimum absolute atomic E-state index is 0.391. The van der Waals surface area contributed by atoms with Crippen LogP contribution in [0.4, 0.5) is 0 Å². The van der Waals surface area contributed by atoms with Crippen molar-refractivity contribution in [3.8, 4) is 0 Å². The van der Waals surface area contributed by atoms with Crippen LogP contribution in [-0.4, -0.2) is 5.88 Å². The van der Waals surface area contributed by atoms with Gasteiger partial charge in [0.05, 0.1) is 0 Å². The third-order valence-electron chi connectivity index (χ3n) is 3.91. The van der Waals surface area contributed by atoms with Crippen molar-refractivity contribution in [2.45, 2.75) is 33.1 Å². The summed E-state index contributed by atoms with van der Waals surface area (Å²) in [6, 6.07) is 15.1. The highest BCUT2D eigenvalue weighted by atomic mass is 35.5. The Morgan fingerprint density at radius 1 is 0.842 bits per heavy atom. The van der Waals surface area contributed by atoms with Crippen LogP contribution in [0.5, 0.6) is 0 Å². The van der Waals surface area contributed by atoms with E-state index < -0.39 is 0 Å². The Morgan fingerprint density at radius 3 is 2.00 bits per heavy atom. The molecule has 2 aromatic rings. The molecule has 0 saturated carbocycles. The molecule has 0 heterocycles. The first-order chi connectivity index (χ1) is 9.13. The van der Waals surface area contributed by atoms with Crippen LogP contribution in [0.25, 0.3) is 0 Å². The zero-order valence-electron chi connectivity index (χ0n) is 11.9. The van der Waals surface area contributed by atoms with Crippen LogP contribution in [0.15, 0.2) is 42.5 Å². The molecular weight excluding hydrogens is 252 g/mol. The van der Waals surface area contributed by atoms with Gasteiger partial charge in [0.2, 0.25) is 0 Å². The molecule has 0 aromatic heterocycles. The molecule has 0 saturated heterocycles. The predicted octanol–water partition coefficient (Wildman–Crippen LogP) is 5.18. The third-order valence-corrected chi connectivity index (χ3v) is 4.28. The third kappa shape index (κ3) is 3.19.